The normalized spacial score (nSPS) is 11.7. The van der Waals surface area contributed by atoms with Crippen LogP contribution in [0.15, 0.2) is 29.4 Å². The van der Waals surface area contributed by atoms with Gasteiger partial charge in [-0.3, -0.25) is 4.57 Å². The van der Waals surface area contributed by atoms with E-state index in [-0.39, 0.29) is 5.16 Å². The van der Waals surface area contributed by atoms with Gasteiger partial charge in [0, 0.05) is 27.8 Å². The quantitative estimate of drug-likeness (QED) is 0.813. The summed E-state index contributed by atoms with van der Waals surface area (Å²) in [5, 5.41) is 7.86. The second kappa shape index (κ2) is 5.48. The molecule has 0 N–H and O–H groups in total. The molecule has 0 saturated carbocycles. The van der Waals surface area contributed by atoms with E-state index in [9.17, 15) is 8.42 Å². The van der Waals surface area contributed by atoms with Gasteiger partial charge in [-0.2, -0.15) is 0 Å². The third-order valence-corrected chi connectivity index (χ3v) is 3.85. The molecule has 0 amide bonds. The van der Waals surface area contributed by atoms with E-state index in [2.05, 4.69) is 10.2 Å². The first-order valence-corrected chi connectivity index (χ1v) is 8.26. The molecule has 1 heterocycles. The lowest BCUT2D eigenvalue weighted by Gasteiger charge is -2.07. The average Bonchev–Trinajstić information content (AvgIpc) is 2.73. The maximum absolute atomic E-state index is 11.5. The Balaban J connectivity index is 2.62. The Morgan fingerprint density at radius 1 is 1.32 bits per heavy atom. The molecular formula is C11H11Cl2N3O2S. The van der Waals surface area contributed by atoms with Crippen LogP contribution in [0.25, 0.3) is 11.4 Å². The van der Waals surface area contributed by atoms with Crippen molar-refractivity contribution in [3.8, 4) is 11.4 Å². The van der Waals surface area contributed by atoms with E-state index in [1.807, 2.05) is 6.92 Å². The van der Waals surface area contributed by atoms with Gasteiger partial charge in [0.1, 0.15) is 0 Å². The van der Waals surface area contributed by atoms with Gasteiger partial charge in [-0.1, -0.05) is 30.7 Å². The van der Waals surface area contributed by atoms with Gasteiger partial charge in [0.05, 0.1) is 0 Å². The molecule has 2 rings (SSSR count). The van der Waals surface area contributed by atoms with Crippen molar-refractivity contribution < 1.29 is 8.42 Å². The van der Waals surface area contributed by atoms with Gasteiger partial charge < -0.3 is 0 Å². The lowest BCUT2D eigenvalue weighted by molar-refractivity contribution is 0.570. The summed E-state index contributed by atoms with van der Waals surface area (Å²) in [6, 6.07) is 6.97. The Morgan fingerprint density at radius 3 is 2.63 bits per heavy atom. The molecule has 0 aliphatic rings. The largest absolute Gasteiger partial charge is 0.297 e. The predicted octanol–water partition coefficient (Wildman–Crippen LogP) is 2.94. The zero-order chi connectivity index (χ0) is 14.0. The van der Waals surface area contributed by atoms with Crippen LogP contribution in [0.4, 0.5) is 0 Å². The van der Waals surface area contributed by atoms with Crippen LogP contribution in [0.2, 0.25) is 5.02 Å². The highest BCUT2D eigenvalue weighted by atomic mass is 35.7. The summed E-state index contributed by atoms with van der Waals surface area (Å²) in [7, 11) is 1.43. The van der Waals surface area contributed by atoms with E-state index < -0.39 is 9.05 Å². The van der Waals surface area contributed by atoms with E-state index >= 15 is 0 Å². The third-order valence-electron chi connectivity index (χ3n) is 2.46. The maximum atomic E-state index is 11.5. The molecule has 1 aromatic carbocycles. The predicted molar refractivity (Wildman–Crippen MR) is 73.8 cm³/mol. The van der Waals surface area contributed by atoms with Crippen LogP contribution in [-0.2, 0) is 15.6 Å². The lowest BCUT2D eigenvalue weighted by atomic mass is 10.2. The molecule has 1 aromatic heterocycles. The molecule has 0 aliphatic carbocycles. The molecule has 0 bridgehead atoms. The van der Waals surface area contributed by atoms with Gasteiger partial charge in [0.15, 0.2) is 5.82 Å². The minimum absolute atomic E-state index is 0.244. The van der Waals surface area contributed by atoms with E-state index in [4.69, 9.17) is 22.3 Å². The van der Waals surface area contributed by atoms with Crippen molar-refractivity contribution in [1.29, 1.82) is 0 Å². The van der Waals surface area contributed by atoms with Crippen LogP contribution in [0, 0.1) is 0 Å². The lowest BCUT2D eigenvalue weighted by Crippen LogP contribution is -2.07. The smallest absolute Gasteiger partial charge is 0.296 e. The Morgan fingerprint density at radius 2 is 2.05 bits per heavy atom. The first-order valence-electron chi connectivity index (χ1n) is 5.57. The van der Waals surface area contributed by atoms with Crippen LogP contribution >= 0.6 is 22.3 Å². The SMILES string of the molecule is CCCn1c(-c2cccc(Cl)c2)nnc1S(=O)(=O)Cl. The molecule has 0 unspecified atom stereocenters. The highest BCUT2D eigenvalue weighted by Crippen LogP contribution is 2.24. The fourth-order valence-corrected chi connectivity index (χ4v) is 2.85. The van der Waals surface area contributed by atoms with Crippen LogP contribution in [0.5, 0.6) is 0 Å². The summed E-state index contributed by atoms with van der Waals surface area (Å²) in [4.78, 5) is 0. The monoisotopic (exact) mass is 319 g/mol. The summed E-state index contributed by atoms with van der Waals surface area (Å²) in [5.74, 6) is 0.434. The van der Waals surface area contributed by atoms with Crippen molar-refractivity contribution in [2.24, 2.45) is 0 Å². The van der Waals surface area contributed by atoms with E-state index in [0.717, 1.165) is 6.42 Å². The first-order chi connectivity index (χ1) is 8.93. The summed E-state index contributed by atoms with van der Waals surface area (Å²) in [6.45, 7) is 2.38. The zero-order valence-corrected chi connectivity index (χ0v) is 12.4. The minimum Gasteiger partial charge on any atom is -0.297 e. The summed E-state index contributed by atoms with van der Waals surface area (Å²) in [6.07, 6.45) is 0.727. The number of hydrogen-bond acceptors (Lipinski definition) is 4. The Kier molecular flexibility index (Phi) is 4.13. The second-order valence-electron chi connectivity index (χ2n) is 3.91. The van der Waals surface area contributed by atoms with Gasteiger partial charge in [-0.05, 0) is 18.6 Å². The first kappa shape index (κ1) is 14.3. The highest BCUT2D eigenvalue weighted by molar-refractivity contribution is 8.13. The number of nitrogens with zero attached hydrogens (tertiary/aromatic N) is 3. The molecule has 0 aliphatic heterocycles. The molecule has 2 aromatic rings. The van der Waals surface area contributed by atoms with Crippen LogP contribution in [0.3, 0.4) is 0 Å². The summed E-state index contributed by atoms with van der Waals surface area (Å²) < 4.78 is 24.4. The zero-order valence-electron chi connectivity index (χ0n) is 10.0. The number of aromatic nitrogens is 3. The third kappa shape index (κ3) is 3.08. The molecule has 0 saturated heterocycles. The molecule has 102 valence electrons. The number of benzene rings is 1. The maximum Gasteiger partial charge on any atom is 0.296 e. The standard InChI is InChI=1S/C11H11Cl2N3O2S/c1-2-6-16-10(8-4-3-5-9(12)7-8)14-15-11(16)19(13,17)18/h3-5,7H,2,6H2,1H3. The van der Waals surface area contributed by atoms with Crippen molar-refractivity contribution in [1.82, 2.24) is 14.8 Å². The van der Waals surface area contributed by atoms with Gasteiger partial charge in [-0.25, -0.2) is 8.42 Å². The molecule has 19 heavy (non-hydrogen) atoms. The average molecular weight is 320 g/mol. The van der Waals surface area contributed by atoms with Crippen molar-refractivity contribution in [3.63, 3.8) is 0 Å². The Hall–Kier alpha value is -1.11. The molecule has 8 heteroatoms. The van der Waals surface area contributed by atoms with Crippen LogP contribution < -0.4 is 0 Å². The highest BCUT2D eigenvalue weighted by Gasteiger charge is 2.22. The van der Waals surface area contributed by atoms with Crippen molar-refractivity contribution >= 4 is 31.3 Å². The summed E-state index contributed by atoms with van der Waals surface area (Å²) >= 11 is 5.92. The van der Waals surface area contributed by atoms with Gasteiger partial charge >= 0.3 is 0 Å². The van der Waals surface area contributed by atoms with Crippen LogP contribution in [0.1, 0.15) is 13.3 Å². The van der Waals surface area contributed by atoms with Crippen molar-refractivity contribution in [3.05, 3.63) is 29.3 Å². The molecule has 0 fully saturated rings. The summed E-state index contributed by atoms with van der Waals surface area (Å²) in [5.41, 5.74) is 0.694. The molecule has 0 spiro atoms. The molecular weight excluding hydrogens is 309 g/mol. The van der Waals surface area contributed by atoms with Crippen LogP contribution in [-0.4, -0.2) is 23.2 Å². The molecule has 5 nitrogen and oxygen atoms in total. The fraction of sp³-hybridized carbons (Fsp3) is 0.273. The van der Waals surface area contributed by atoms with Gasteiger partial charge in [0.2, 0.25) is 0 Å². The molecule has 0 radical (unpaired) electrons. The van der Waals surface area contributed by atoms with E-state index in [1.54, 1.807) is 24.3 Å². The fourth-order valence-electron chi connectivity index (χ4n) is 1.74. The number of rotatable bonds is 4. The van der Waals surface area contributed by atoms with Gasteiger partial charge in [0.25, 0.3) is 14.2 Å². The minimum atomic E-state index is -3.92. The van der Waals surface area contributed by atoms with E-state index in [0.29, 0.717) is 23.0 Å². The Bertz CT molecular complexity index is 698. The van der Waals surface area contributed by atoms with Crippen molar-refractivity contribution in [2.75, 3.05) is 0 Å². The molecule has 0 atom stereocenters. The second-order valence-corrected chi connectivity index (χ2v) is 6.80. The van der Waals surface area contributed by atoms with E-state index in [1.165, 1.54) is 4.57 Å². The van der Waals surface area contributed by atoms with Gasteiger partial charge in [-0.15, -0.1) is 10.2 Å². The topological polar surface area (TPSA) is 64.8 Å². The number of hydrogen-bond donors (Lipinski definition) is 0. The van der Waals surface area contributed by atoms with Crippen molar-refractivity contribution in [2.45, 2.75) is 25.0 Å². The Labute approximate surface area is 120 Å². The number of halogens is 2.